The van der Waals surface area contributed by atoms with E-state index in [1.807, 2.05) is 0 Å². The maximum atomic E-state index is 11.8. The van der Waals surface area contributed by atoms with Gasteiger partial charge in [-0.15, -0.1) is 0 Å². The predicted molar refractivity (Wildman–Crippen MR) is 75.6 cm³/mol. The molecule has 0 radical (unpaired) electrons. The maximum Gasteiger partial charge on any atom is 0.267 e. The van der Waals surface area contributed by atoms with E-state index < -0.39 is 0 Å². The third-order valence-electron chi connectivity index (χ3n) is 3.58. The number of nitrogens with one attached hydrogen (secondary N) is 1. The van der Waals surface area contributed by atoms with Crippen LogP contribution in [0.2, 0.25) is 0 Å². The summed E-state index contributed by atoms with van der Waals surface area (Å²) in [6.45, 7) is 3.82. The van der Waals surface area contributed by atoms with Gasteiger partial charge in [0.1, 0.15) is 4.47 Å². The lowest BCUT2D eigenvalue weighted by molar-refractivity contribution is 0.299. The average molecular weight is 314 g/mol. The monoisotopic (exact) mass is 313 g/mol. The Labute approximate surface area is 116 Å². The summed E-state index contributed by atoms with van der Waals surface area (Å²) < 4.78 is 2.17. The van der Waals surface area contributed by atoms with Gasteiger partial charge in [0.15, 0.2) is 0 Å². The van der Waals surface area contributed by atoms with E-state index in [4.69, 9.17) is 0 Å². The molecule has 0 spiro atoms. The molecule has 100 valence electrons. The number of rotatable bonds is 4. The lowest BCUT2D eigenvalue weighted by atomic mass is 9.87. The lowest BCUT2D eigenvalue weighted by Crippen LogP contribution is -2.37. The third-order valence-corrected chi connectivity index (χ3v) is 4.13. The number of nitrogens with zero attached hydrogens (tertiary/aromatic N) is 2. The van der Waals surface area contributed by atoms with E-state index in [0.717, 1.165) is 12.5 Å². The molecule has 1 aromatic heterocycles. The van der Waals surface area contributed by atoms with Crippen LogP contribution in [0.1, 0.15) is 32.6 Å². The zero-order chi connectivity index (χ0) is 13.0. The Morgan fingerprint density at radius 2 is 2.39 bits per heavy atom. The van der Waals surface area contributed by atoms with Gasteiger partial charge >= 0.3 is 0 Å². The summed E-state index contributed by atoms with van der Waals surface area (Å²) in [4.78, 5) is 15.8. The second kappa shape index (κ2) is 6.48. The number of halogens is 1. The van der Waals surface area contributed by atoms with Crippen LogP contribution in [0.15, 0.2) is 21.8 Å². The van der Waals surface area contributed by atoms with Crippen molar-refractivity contribution in [3.63, 3.8) is 0 Å². The van der Waals surface area contributed by atoms with Gasteiger partial charge in [0.05, 0.1) is 6.33 Å². The van der Waals surface area contributed by atoms with Crippen molar-refractivity contribution in [2.24, 2.45) is 5.92 Å². The van der Waals surface area contributed by atoms with Crippen molar-refractivity contribution < 1.29 is 0 Å². The van der Waals surface area contributed by atoms with Crippen molar-refractivity contribution in [3.05, 3.63) is 27.4 Å². The van der Waals surface area contributed by atoms with Crippen LogP contribution >= 0.6 is 15.9 Å². The zero-order valence-electron chi connectivity index (χ0n) is 10.7. The fourth-order valence-corrected chi connectivity index (χ4v) is 2.94. The molecule has 4 nitrogen and oxygen atoms in total. The highest BCUT2D eigenvalue weighted by molar-refractivity contribution is 9.10. The van der Waals surface area contributed by atoms with Gasteiger partial charge in [-0.2, -0.15) is 0 Å². The predicted octanol–water partition coefficient (Wildman–Crippen LogP) is 2.17. The average Bonchev–Trinajstić information content (AvgIpc) is 2.35. The zero-order valence-corrected chi connectivity index (χ0v) is 12.3. The highest BCUT2D eigenvalue weighted by Gasteiger charge is 2.17. The van der Waals surface area contributed by atoms with E-state index in [9.17, 15) is 4.79 Å². The van der Waals surface area contributed by atoms with E-state index in [1.54, 1.807) is 10.9 Å². The van der Waals surface area contributed by atoms with Gasteiger partial charge in [-0.25, -0.2) is 4.98 Å². The first kappa shape index (κ1) is 13.7. The molecule has 1 N–H and O–H groups in total. The Bertz CT molecular complexity index is 446. The van der Waals surface area contributed by atoms with E-state index in [-0.39, 0.29) is 5.56 Å². The normalized spacial score (nSPS) is 24.1. The summed E-state index contributed by atoms with van der Waals surface area (Å²) in [5.74, 6) is 0.825. The molecule has 18 heavy (non-hydrogen) atoms. The van der Waals surface area contributed by atoms with E-state index >= 15 is 0 Å². The largest absolute Gasteiger partial charge is 0.312 e. The summed E-state index contributed by atoms with van der Waals surface area (Å²) in [6, 6.07) is 0.615. The minimum atomic E-state index is -0.0104. The van der Waals surface area contributed by atoms with Crippen LogP contribution in [0, 0.1) is 5.92 Å². The van der Waals surface area contributed by atoms with Gasteiger partial charge < -0.3 is 5.32 Å². The summed E-state index contributed by atoms with van der Waals surface area (Å²) in [5, 5.41) is 3.54. The Morgan fingerprint density at radius 1 is 1.56 bits per heavy atom. The fraction of sp³-hybridized carbons (Fsp3) is 0.692. The fourth-order valence-electron chi connectivity index (χ4n) is 2.59. The van der Waals surface area contributed by atoms with E-state index in [0.29, 0.717) is 17.1 Å². The van der Waals surface area contributed by atoms with Crippen LogP contribution < -0.4 is 10.9 Å². The molecule has 1 aliphatic carbocycles. The van der Waals surface area contributed by atoms with Gasteiger partial charge in [0.2, 0.25) is 0 Å². The molecular formula is C13H20BrN3O. The molecule has 1 aliphatic rings. The van der Waals surface area contributed by atoms with Crippen LogP contribution in [-0.4, -0.2) is 22.1 Å². The molecule has 0 amide bonds. The molecule has 1 aromatic rings. The second-order valence-electron chi connectivity index (χ2n) is 5.16. The molecule has 0 aromatic carbocycles. The molecular weight excluding hydrogens is 294 g/mol. The van der Waals surface area contributed by atoms with Crippen molar-refractivity contribution in [2.45, 2.75) is 45.2 Å². The van der Waals surface area contributed by atoms with E-state index in [2.05, 4.69) is 33.2 Å². The Morgan fingerprint density at radius 3 is 3.17 bits per heavy atom. The Balaban J connectivity index is 1.81. The smallest absolute Gasteiger partial charge is 0.267 e. The van der Waals surface area contributed by atoms with Crippen molar-refractivity contribution in [2.75, 3.05) is 6.54 Å². The van der Waals surface area contributed by atoms with Gasteiger partial charge in [-0.05, 0) is 34.7 Å². The van der Waals surface area contributed by atoms with Crippen molar-refractivity contribution >= 4 is 15.9 Å². The first-order valence-corrected chi connectivity index (χ1v) is 7.39. The summed E-state index contributed by atoms with van der Waals surface area (Å²) in [5.41, 5.74) is -0.0104. The molecule has 1 fully saturated rings. The molecule has 1 saturated carbocycles. The van der Waals surface area contributed by atoms with Crippen LogP contribution in [0.5, 0.6) is 0 Å². The highest BCUT2D eigenvalue weighted by Crippen LogP contribution is 2.23. The minimum Gasteiger partial charge on any atom is -0.312 e. The SMILES string of the molecule is CC1CCCC(NCCn2cncc(Br)c2=O)C1. The molecule has 0 aliphatic heterocycles. The molecule has 0 saturated heterocycles. The molecule has 0 bridgehead atoms. The van der Waals surface area contributed by atoms with Crippen LogP contribution in [0.25, 0.3) is 0 Å². The first-order chi connectivity index (χ1) is 8.66. The van der Waals surface area contributed by atoms with Gasteiger partial charge in [-0.3, -0.25) is 9.36 Å². The van der Waals surface area contributed by atoms with Gasteiger partial charge in [-0.1, -0.05) is 19.8 Å². The minimum absolute atomic E-state index is 0.0104. The molecule has 2 rings (SSSR count). The Kier molecular flexibility index (Phi) is 4.95. The second-order valence-corrected chi connectivity index (χ2v) is 6.02. The van der Waals surface area contributed by atoms with E-state index in [1.165, 1.54) is 31.9 Å². The van der Waals surface area contributed by atoms with Crippen molar-refractivity contribution in [3.8, 4) is 0 Å². The molecule has 2 atom stereocenters. The quantitative estimate of drug-likeness (QED) is 0.926. The Hall–Kier alpha value is -0.680. The van der Waals surface area contributed by atoms with Crippen LogP contribution in [0.4, 0.5) is 0 Å². The molecule has 1 heterocycles. The van der Waals surface area contributed by atoms with Crippen LogP contribution in [0.3, 0.4) is 0 Å². The topological polar surface area (TPSA) is 46.9 Å². The molecule has 5 heteroatoms. The standard InChI is InChI=1S/C13H20BrN3O/c1-10-3-2-4-11(7-10)16-5-6-17-9-15-8-12(14)13(17)18/h8-11,16H,2-7H2,1H3. The summed E-state index contributed by atoms with van der Waals surface area (Å²) in [7, 11) is 0. The highest BCUT2D eigenvalue weighted by atomic mass is 79.9. The third kappa shape index (κ3) is 3.65. The van der Waals surface area contributed by atoms with Crippen molar-refractivity contribution in [1.29, 1.82) is 0 Å². The number of hydrogen-bond acceptors (Lipinski definition) is 3. The maximum absolute atomic E-state index is 11.8. The summed E-state index contributed by atoms with van der Waals surface area (Å²) in [6.07, 6.45) is 8.32. The van der Waals surface area contributed by atoms with Crippen LogP contribution in [-0.2, 0) is 6.54 Å². The number of hydrogen-bond donors (Lipinski definition) is 1. The van der Waals surface area contributed by atoms with Crippen molar-refractivity contribution in [1.82, 2.24) is 14.9 Å². The summed E-state index contributed by atoms with van der Waals surface area (Å²) >= 11 is 3.21. The number of aromatic nitrogens is 2. The molecule has 2 unspecified atom stereocenters. The lowest BCUT2D eigenvalue weighted by Gasteiger charge is -2.27. The van der Waals surface area contributed by atoms with Gasteiger partial charge in [0, 0.05) is 25.3 Å². The van der Waals surface area contributed by atoms with Gasteiger partial charge in [0.25, 0.3) is 5.56 Å². The first-order valence-electron chi connectivity index (χ1n) is 6.60.